The zero-order chi connectivity index (χ0) is 7.84. The van der Waals surface area contributed by atoms with Gasteiger partial charge in [0.2, 0.25) is 0 Å². The van der Waals surface area contributed by atoms with Crippen molar-refractivity contribution in [2.45, 2.75) is 19.3 Å². The number of aromatic amines is 1. The van der Waals surface area contributed by atoms with Gasteiger partial charge in [0, 0.05) is 6.20 Å². The van der Waals surface area contributed by atoms with Crippen LogP contribution in [0, 0.1) is 0 Å². The van der Waals surface area contributed by atoms with Crippen molar-refractivity contribution in [2.75, 3.05) is 0 Å². The van der Waals surface area contributed by atoms with Gasteiger partial charge in [-0.05, 0) is 30.4 Å². The summed E-state index contributed by atoms with van der Waals surface area (Å²) in [6, 6.07) is 0. The Bertz CT molecular complexity index is 342. The Labute approximate surface area is 69.2 Å². The number of hydrogen-bond donors (Lipinski definition) is 1. The Kier molecular flexibility index (Phi) is 1.50. The smallest absolute Gasteiger partial charge is 0.266 e. The van der Waals surface area contributed by atoms with Crippen LogP contribution in [0.5, 0.6) is 0 Å². The lowest BCUT2D eigenvalue weighted by atomic mass is 10.2. The van der Waals surface area contributed by atoms with Gasteiger partial charge in [-0.15, -0.1) is 0 Å². The zero-order valence-electron chi connectivity index (χ0n) is 5.98. The molecule has 0 aromatic carbocycles. The summed E-state index contributed by atoms with van der Waals surface area (Å²) in [5.74, 6) is 0. The Morgan fingerprint density at radius 2 is 2.27 bits per heavy atom. The van der Waals surface area contributed by atoms with E-state index in [4.69, 9.17) is 11.6 Å². The van der Waals surface area contributed by atoms with E-state index in [0.717, 1.165) is 24.8 Å². The molecule has 0 saturated heterocycles. The maximum atomic E-state index is 11.0. The summed E-state index contributed by atoms with van der Waals surface area (Å²) in [5.41, 5.74) is 2.09. The molecule has 1 aliphatic rings. The molecular formula is C8H8ClNO. The lowest BCUT2D eigenvalue weighted by Crippen LogP contribution is -2.08. The van der Waals surface area contributed by atoms with Crippen LogP contribution < -0.4 is 5.56 Å². The van der Waals surface area contributed by atoms with E-state index in [2.05, 4.69) is 4.98 Å². The van der Waals surface area contributed by atoms with Crippen LogP contribution in [0.2, 0.25) is 5.02 Å². The third kappa shape index (κ3) is 0.979. The van der Waals surface area contributed by atoms with Crippen molar-refractivity contribution in [3.8, 4) is 0 Å². The second kappa shape index (κ2) is 2.38. The summed E-state index contributed by atoms with van der Waals surface area (Å²) in [6.45, 7) is 0. The van der Waals surface area contributed by atoms with E-state index in [0.29, 0.717) is 5.02 Å². The maximum absolute atomic E-state index is 11.0. The lowest BCUT2D eigenvalue weighted by molar-refractivity contribution is 0.911. The fourth-order valence-electron chi connectivity index (χ4n) is 1.53. The van der Waals surface area contributed by atoms with E-state index >= 15 is 0 Å². The maximum Gasteiger partial charge on any atom is 0.266 e. The molecule has 0 saturated carbocycles. The molecule has 11 heavy (non-hydrogen) atoms. The highest BCUT2D eigenvalue weighted by atomic mass is 35.5. The monoisotopic (exact) mass is 169 g/mol. The number of fused-ring (bicyclic) bond motifs is 1. The summed E-state index contributed by atoms with van der Waals surface area (Å²) in [6.07, 6.45) is 4.90. The first-order valence-electron chi connectivity index (χ1n) is 3.68. The van der Waals surface area contributed by atoms with Crippen molar-refractivity contribution in [2.24, 2.45) is 0 Å². The SMILES string of the molecule is O=c1[nH]cc2c(c1Cl)CCC2. The molecule has 0 fully saturated rings. The minimum Gasteiger partial charge on any atom is -0.328 e. The van der Waals surface area contributed by atoms with Gasteiger partial charge >= 0.3 is 0 Å². The number of nitrogens with one attached hydrogen (secondary N) is 1. The van der Waals surface area contributed by atoms with Gasteiger partial charge in [0.1, 0.15) is 5.02 Å². The lowest BCUT2D eigenvalue weighted by Gasteiger charge is -1.98. The molecule has 2 nitrogen and oxygen atoms in total. The third-order valence-electron chi connectivity index (χ3n) is 2.10. The number of hydrogen-bond acceptors (Lipinski definition) is 1. The first-order valence-corrected chi connectivity index (χ1v) is 4.06. The average Bonchev–Trinajstić information content (AvgIpc) is 2.45. The molecule has 1 aromatic heterocycles. The average molecular weight is 170 g/mol. The molecule has 0 amide bonds. The van der Waals surface area contributed by atoms with Crippen LogP contribution in [-0.2, 0) is 12.8 Å². The minimum atomic E-state index is -0.160. The fraction of sp³-hybridized carbons (Fsp3) is 0.375. The van der Waals surface area contributed by atoms with E-state index < -0.39 is 0 Å². The highest BCUT2D eigenvalue weighted by Crippen LogP contribution is 2.24. The van der Waals surface area contributed by atoms with Crippen molar-refractivity contribution in [3.05, 3.63) is 32.7 Å². The largest absolute Gasteiger partial charge is 0.328 e. The van der Waals surface area contributed by atoms with Crippen molar-refractivity contribution in [1.82, 2.24) is 4.98 Å². The summed E-state index contributed by atoms with van der Waals surface area (Å²) in [7, 11) is 0. The van der Waals surface area contributed by atoms with Crippen LogP contribution in [0.3, 0.4) is 0 Å². The van der Waals surface area contributed by atoms with Crippen molar-refractivity contribution in [1.29, 1.82) is 0 Å². The van der Waals surface area contributed by atoms with Crippen molar-refractivity contribution in [3.63, 3.8) is 0 Å². The molecule has 0 atom stereocenters. The van der Waals surface area contributed by atoms with Gasteiger partial charge in [0.15, 0.2) is 0 Å². The molecule has 1 heterocycles. The molecule has 1 aromatic rings. The molecule has 0 aliphatic heterocycles. The zero-order valence-corrected chi connectivity index (χ0v) is 6.74. The molecule has 0 unspecified atom stereocenters. The molecule has 1 aliphatic carbocycles. The second-order valence-electron chi connectivity index (χ2n) is 2.79. The van der Waals surface area contributed by atoms with Crippen LogP contribution >= 0.6 is 11.6 Å². The van der Waals surface area contributed by atoms with Crippen LogP contribution in [0.15, 0.2) is 11.0 Å². The molecule has 58 valence electrons. The number of aromatic nitrogens is 1. The summed E-state index contributed by atoms with van der Waals surface area (Å²) in [5, 5.41) is 0.389. The highest BCUT2D eigenvalue weighted by Gasteiger charge is 2.15. The van der Waals surface area contributed by atoms with Crippen LogP contribution in [-0.4, -0.2) is 4.98 Å². The van der Waals surface area contributed by atoms with E-state index in [1.165, 1.54) is 5.56 Å². The Balaban J connectivity index is 2.72. The Morgan fingerprint density at radius 3 is 3.09 bits per heavy atom. The van der Waals surface area contributed by atoms with E-state index in [-0.39, 0.29) is 5.56 Å². The molecule has 2 rings (SSSR count). The molecule has 0 radical (unpaired) electrons. The van der Waals surface area contributed by atoms with Crippen molar-refractivity contribution < 1.29 is 0 Å². The number of rotatable bonds is 0. The first-order chi connectivity index (χ1) is 5.29. The molecule has 1 N–H and O–H groups in total. The Hall–Kier alpha value is -0.760. The molecule has 0 spiro atoms. The number of aryl methyl sites for hydroxylation is 1. The van der Waals surface area contributed by atoms with Gasteiger partial charge in [-0.2, -0.15) is 0 Å². The first kappa shape index (κ1) is 6.92. The number of pyridine rings is 1. The topological polar surface area (TPSA) is 32.9 Å². The molecule has 3 heteroatoms. The van der Waals surface area contributed by atoms with Crippen LogP contribution in [0.1, 0.15) is 17.5 Å². The van der Waals surface area contributed by atoms with Gasteiger partial charge in [-0.1, -0.05) is 11.6 Å². The standard InChI is InChI=1S/C8H8ClNO/c9-7-6-3-1-2-5(6)4-10-8(7)11/h4H,1-3H2,(H,10,11). The van der Waals surface area contributed by atoms with E-state index in [1.807, 2.05) is 0 Å². The molecule has 0 bridgehead atoms. The van der Waals surface area contributed by atoms with Crippen molar-refractivity contribution >= 4 is 11.6 Å². The normalized spacial score (nSPS) is 15.0. The van der Waals surface area contributed by atoms with E-state index in [1.54, 1.807) is 6.20 Å². The minimum absolute atomic E-state index is 0.160. The van der Waals surface area contributed by atoms with Gasteiger partial charge in [-0.3, -0.25) is 4.79 Å². The van der Waals surface area contributed by atoms with E-state index in [9.17, 15) is 4.79 Å². The van der Waals surface area contributed by atoms with Gasteiger partial charge in [0.05, 0.1) is 0 Å². The quantitative estimate of drug-likeness (QED) is 0.628. The van der Waals surface area contributed by atoms with Crippen LogP contribution in [0.25, 0.3) is 0 Å². The fourth-order valence-corrected chi connectivity index (χ4v) is 1.80. The summed E-state index contributed by atoms with van der Waals surface area (Å²) >= 11 is 5.79. The number of H-pyrrole nitrogens is 1. The summed E-state index contributed by atoms with van der Waals surface area (Å²) < 4.78 is 0. The predicted molar refractivity (Wildman–Crippen MR) is 44.1 cm³/mol. The second-order valence-corrected chi connectivity index (χ2v) is 3.17. The van der Waals surface area contributed by atoms with Gasteiger partial charge < -0.3 is 4.98 Å². The predicted octanol–water partition coefficient (Wildman–Crippen LogP) is 1.52. The highest BCUT2D eigenvalue weighted by molar-refractivity contribution is 6.31. The Morgan fingerprint density at radius 1 is 1.45 bits per heavy atom. The number of halogens is 1. The van der Waals surface area contributed by atoms with Gasteiger partial charge in [-0.25, -0.2) is 0 Å². The summed E-state index contributed by atoms with van der Waals surface area (Å²) in [4.78, 5) is 13.6. The molecular weight excluding hydrogens is 162 g/mol. The van der Waals surface area contributed by atoms with Gasteiger partial charge in [0.25, 0.3) is 5.56 Å². The van der Waals surface area contributed by atoms with Crippen LogP contribution in [0.4, 0.5) is 0 Å². The third-order valence-corrected chi connectivity index (χ3v) is 2.50.